The average molecular weight is 265 g/mol. The van der Waals surface area contributed by atoms with Crippen LogP contribution >= 0.6 is 0 Å². The van der Waals surface area contributed by atoms with Crippen molar-refractivity contribution in [3.05, 3.63) is 29.3 Å². The molecular formula is C15H23NO3. The summed E-state index contributed by atoms with van der Waals surface area (Å²) >= 11 is 0. The van der Waals surface area contributed by atoms with Crippen LogP contribution in [0.25, 0.3) is 0 Å². The fourth-order valence-electron chi connectivity index (χ4n) is 2.36. The van der Waals surface area contributed by atoms with Gasteiger partial charge in [0, 0.05) is 19.6 Å². The molecule has 1 aromatic carbocycles. The van der Waals surface area contributed by atoms with Crippen molar-refractivity contribution in [1.29, 1.82) is 0 Å². The fraction of sp³-hybridized carbons (Fsp3) is 0.600. The van der Waals surface area contributed by atoms with Crippen LogP contribution in [0.1, 0.15) is 17.5 Å². The van der Waals surface area contributed by atoms with E-state index in [0.717, 1.165) is 24.3 Å². The Morgan fingerprint density at radius 3 is 2.58 bits per heavy atom. The third-order valence-electron chi connectivity index (χ3n) is 3.55. The van der Waals surface area contributed by atoms with Crippen molar-refractivity contribution in [2.75, 3.05) is 26.2 Å². The summed E-state index contributed by atoms with van der Waals surface area (Å²) in [4.78, 5) is 2.07. The highest BCUT2D eigenvalue weighted by molar-refractivity contribution is 5.35. The molecule has 0 amide bonds. The van der Waals surface area contributed by atoms with Crippen molar-refractivity contribution in [2.24, 2.45) is 0 Å². The number of hydrogen-bond donors (Lipinski definition) is 2. The molecule has 1 aromatic rings. The zero-order valence-electron chi connectivity index (χ0n) is 11.7. The van der Waals surface area contributed by atoms with Crippen LogP contribution in [-0.2, 0) is 0 Å². The molecule has 4 heteroatoms. The van der Waals surface area contributed by atoms with Gasteiger partial charge in [0.25, 0.3) is 0 Å². The first-order chi connectivity index (χ1) is 9.06. The molecule has 1 aliphatic rings. The molecule has 0 saturated carbocycles. The Balaban J connectivity index is 1.71. The number of aryl methyl sites for hydroxylation is 2. The van der Waals surface area contributed by atoms with Gasteiger partial charge in [0.05, 0.1) is 18.8 Å². The smallest absolute Gasteiger partial charge is 0.122 e. The summed E-state index contributed by atoms with van der Waals surface area (Å²) in [6.45, 7) is 6.72. The topological polar surface area (TPSA) is 52.9 Å². The largest absolute Gasteiger partial charge is 0.493 e. The Kier molecular flexibility index (Phi) is 4.80. The lowest BCUT2D eigenvalue weighted by atomic mass is 10.1. The van der Waals surface area contributed by atoms with Crippen LogP contribution in [0.4, 0.5) is 0 Å². The van der Waals surface area contributed by atoms with Gasteiger partial charge in [0.1, 0.15) is 5.75 Å². The van der Waals surface area contributed by atoms with E-state index in [4.69, 9.17) is 4.74 Å². The molecule has 2 rings (SSSR count). The molecule has 0 bridgehead atoms. The van der Waals surface area contributed by atoms with Gasteiger partial charge < -0.3 is 14.9 Å². The SMILES string of the molecule is Cc1ccc(C)c(OCCCN2C[C@@H](O)[C@@H](O)C2)c1. The predicted molar refractivity (Wildman–Crippen MR) is 74.5 cm³/mol. The second-order valence-electron chi connectivity index (χ2n) is 5.37. The van der Waals surface area contributed by atoms with Crippen LogP contribution in [0.5, 0.6) is 5.75 Å². The van der Waals surface area contributed by atoms with Crippen molar-refractivity contribution >= 4 is 0 Å². The van der Waals surface area contributed by atoms with Crippen LogP contribution in [0.2, 0.25) is 0 Å². The summed E-state index contributed by atoms with van der Waals surface area (Å²) in [5.74, 6) is 0.946. The zero-order chi connectivity index (χ0) is 13.8. The third-order valence-corrected chi connectivity index (χ3v) is 3.55. The van der Waals surface area contributed by atoms with Crippen molar-refractivity contribution in [3.63, 3.8) is 0 Å². The molecule has 1 saturated heterocycles. The molecule has 1 heterocycles. The Morgan fingerprint density at radius 1 is 1.21 bits per heavy atom. The van der Waals surface area contributed by atoms with Crippen LogP contribution in [0, 0.1) is 13.8 Å². The van der Waals surface area contributed by atoms with E-state index in [-0.39, 0.29) is 0 Å². The number of rotatable bonds is 5. The zero-order valence-corrected chi connectivity index (χ0v) is 11.7. The van der Waals surface area contributed by atoms with Gasteiger partial charge in [0.2, 0.25) is 0 Å². The maximum Gasteiger partial charge on any atom is 0.122 e. The summed E-state index contributed by atoms with van der Waals surface area (Å²) in [6, 6.07) is 6.20. The van der Waals surface area contributed by atoms with Gasteiger partial charge in [-0.15, -0.1) is 0 Å². The molecule has 106 valence electrons. The summed E-state index contributed by atoms with van der Waals surface area (Å²) in [7, 11) is 0. The van der Waals surface area contributed by atoms with E-state index in [1.165, 1.54) is 5.56 Å². The first-order valence-corrected chi connectivity index (χ1v) is 6.85. The average Bonchev–Trinajstić information content (AvgIpc) is 2.68. The van der Waals surface area contributed by atoms with E-state index in [0.29, 0.717) is 19.7 Å². The highest BCUT2D eigenvalue weighted by Gasteiger charge is 2.28. The van der Waals surface area contributed by atoms with Gasteiger partial charge >= 0.3 is 0 Å². The molecule has 1 aliphatic heterocycles. The van der Waals surface area contributed by atoms with E-state index in [1.54, 1.807) is 0 Å². The normalized spacial score (nSPS) is 23.8. The molecule has 0 aromatic heterocycles. The number of benzene rings is 1. The number of hydrogen-bond acceptors (Lipinski definition) is 4. The number of nitrogens with zero attached hydrogens (tertiary/aromatic N) is 1. The summed E-state index contributed by atoms with van der Waals surface area (Å²) < 4.78 is 5.78. The molecule has 0 unspecified atom stereocenters. The van der Waals surface area contributed by atoms with Crippen LogP contribution in [-0.4, -0.2) is 53.6 Å². The van der Waals surface area contributed by atoms with E-state index < -0.39 is 12.2 Å². The van der Waals surface area contributed by atoms with Crippen molar-refractivity contribution < 1.29 is 14.9 Å². The van der Waals surface area contributed by atoms with Gasteiger partial charge in [-0.25, -0.2) is 0 Å². The van der Waals surface area contributed by atoms with Crippen LogP contribution in [0.3, 0.4) is 0 Å². The lowest BCUT2D eigenvalue weighted by Crippen LogP contribution is -2.24. The Labute approximate surface area is 114 Å². The minimum atomic E-state index is -0.597. The van der Waals surface area contributed by atoms with Crippen molar-refractivity contribution in [1.82, 2.24) is 4.90 Å². The molecule has 0 aliphatic carbocycles. The summed E-state index contributed by atoms with van der Waals surface area (Å²) in [5, 5.41) is 18.9. The van der Waals surface area contributed by atoms with E-state index in [1.807, 2.05) is 6.92 Å². The minimum Gasteiger partial charge on any atom is -0.493 e. The summed E-state index contributed by atoms with van der Waals surface area (Å²) in [6.07, 6.45) is -0.299. The number of β-amino-alcohol motifs (C(OH)–C–C–N with tert-alkyl or cyclic N) is 2. The van der Waals surface area contributed by atoms with E-state index in [9.17, 15) is 10.2 Å². The number of aliphatic hydroxyl groups excluding tert-OH is 2. The monoisotopic (exact) mass is 265 g/mol. The molecule has 0 spiro atoms. The lowest BCUT2D eigenvalue weighted by Gasteiger charge is -2.15. The maximum absolute atomic E-state index is 9.45. The van der Waals surface area contributed by atoms with Crippen molar-refractivity contribution in [3.8, 4) is 5.75 Å². The predicted octanol–water partition coefficient (Wildman–Crippen LogP) is 1.11. The van der Waals surface area contributed by atoms with E-state index in [2.05, 4.69) is 30.0 Å². The standard InChI is InChI=1S/C15H23NO3/c1-11-4-5-12(2)15(8-11)19-7-3-6-16-9-13(17)14(18)10-16/h4-5,8,13-14,17-18H,3,6-7,9-10H2,1-2H3/t13-,14+. The number of likely N-dealkylation sites (tertiary alicyclic amines) is 1. The minimum absolute atomic E-state index is 0.560. The molecule has 1 fully saturated rings. The first kappa shape index (κ1) is 14.3. The quantitative estimate of drug-likeness (QED) is 0.783. The van der Waals surface area contributed by atoms with Crippen molar-refractivity contribution in [2.45, 2.75) is 32.5 Å². The Bertz CT molecular complexity index is 412. The second-order valence-corrected chi connectivity index (χ2v) is 5.37. The van der Waals surface area contributed by atoms with Gasteiger partial charge in [-0.2, -0.15) is 0 Å². The molecular weight excluding hydrogens is 242 g/mol. The molecule has 2 atom stereocenters. The van der Waals surface area contributed by atoms with E-state index >= 15 is 0 Å². The van der Waals surface area contributed by atoms with Gasteiger partial charge in [0.15, 0.2) is 0 Å². The highest BCUT2D eigenvalue weighted by Crippen LogP contribution is 2.19. The Morgan fingerprint density at radius 2 is 1.89 bits per heavy atom. The molecule has 0 radical (unpaired) electrons. The van der Waals surface area contributed by atoms with Crippen LogP contribution < -0.4 is 4.74 Å². The molecule has 19 heavy (non-hydrogen) atoms. The maximum atomic E-state index is 9.45. The van der Waals surface area contributed by atoms with Gasteiger partial charge in [-0.1, -0.05) is 12.1 Å². The fourth-order valence-corrected chi connectivity index (χ4v) is 2.36. The van der Waals surface area contributed by atoms with Crippen LogP contribution in [0.15, 0.2) is 18.2 Å². The summed E-state index contributed by atoms with van der Waals surface area (Å²) in [5.41, 5.74) is 2.35. The third kappa shape index (κ3) is 3.93. The molecule has 2 N–H and O–H groups in total. The number of aliphatic hydroxyl groups is 2. The first-order valence-electron chi connectivity index (χ1n) is 6.85. The van der Waals surface area contributed by atoms with Gasteiger partial charge in [-0.05, 0) is 37.5 Å². The number of ether oxygens (including phenoxy) is 1. The lowest BCUT2D eigenvalue weighted by molar-refractivity contribution is 0.0572. The Hall–Kier alpha value is -1.10. The molecule has 4 nitrogen and oxygen atoms in total. The highest BCUT2D eigenvalue weighted by atomic mass is 16.5. The second kappa shape index (κ2) is 6.37. The van der Waals surface area contributed by atoms with Gasteiger partial charge in [-0.3, -0.25) is 4.90 Å².